The molecule has 0 spiro atoms. The van der Waals surface area contributed by atoms with E-state index in [4.69, 9.17) is 0 Å². The molecule has 0 atom stereocenters. The predicted octanol–water partition coefficient (Wildman–Crippen LogP) is 2.40. The Morgan fingerprint density at radius 3 is 2.50 bits per heavy atom. The van der Waals surface area contributed by atoms with Crippen LogP contribution in [0.5, 0.6) is 0 Å². The number of nitrogens with zero attached hydrogens (tertiary/aromatic N) is 3. The Morgan fingerprint density at radius 2 is 2.00 bits per heavy atom. The van der Waals surface area contributed by atoms with Gasteiger partial charge in [0.15, 0.2) is 0 Å². The summed E-state index contributed by atoms with van der Waals surface area (Å²) in [7, 11) is 1.82. The minimum atomic E-state index is -0.00528. The SMILES string of the molecule is CCN(C(=O)c1cn(C)nc1C)c1ccccc1. The maximum atomic E-state index is 12.5. The summed E-state index contributed by atoms with van der Waals surface area (Å²) in [5.74, 6) is -0.00528. The molecular formula is C14H17N3O. The molecule has 2 aromatic rings. The average molecular weight is 243 g/mol. The van der Waals surface area contributed by atoms with Crippen molar-refractivity contribution in [3.05, 3.63) is 47.8 Å². The number of hydrogen-bond donors (Lipinski definition) is 0. The molecular weight excluding hydrogens is 226 g/mol. The molecule has 2 rings (SSSR count). The van der Waals surface area contributed by atoms with E-state index in [0.29, 0.717) is 12.1 Å². The van der Waals surface area contributed by atoms with Crippen LogP contribution in [0.3, 0.4) is 0 Å². The van der Waals surface area contributed by atoms with Crippen LogP contribution >= 0.6 is 0 Å². The summed E-state index contributed by atoms with van der Waals surface area (Å²) in [5.41, 5.74) is 2.33. The van der Waals surface area contributed by atoms with E-state index >= 15 is 0 Å². The largest absolute Gasteiger partial charge is 0.309 e. The quantitative estimate of drug-likeness (QED) is 0.830. The van der Waals surface area contributed by atoms with Gasteiger partial charge in [-0.25, -0.2) is 0 Å². The van der Waals surface area contributed by atoms with Gasteiger partial charge in [-0.05, 0) is 26.0 Å². The van der Waals surface area contributed by atoms with Crippen molar-refractivity contribution in [2.45, 2.75) is 13.8 Å². The Morgan fingerprint density at radius 1 is 1.33 bits per heavy atom. The molecule has 0 saturated carbocycles. The number of carbonyl (C=O) groups excluding carboxylic acids is 1. The van der Waals surface area contributed by atoms with Crippen LogP contribution in [0, 0.1) is 6.92 Å². The molecule has 4 heteroatoms. The van der Waals surface area contributed by atoms with Crippen LogP contribution in [0.2, 0.25) is 0 Å². The summed E-state index contributed by atoms with van der Waals surface area (Å²) in [6.07, 6.45) is 1.77. The zero-order valence-electron chi connectivity index (χ0n) is 10.9. The highest BCUT2D eigenvalue weighted by Gasteiger charge is 2.19. The number of benzene rings is 1. The van der Waals surface area contributed by atoms with Gasteiger partial charge in [0.2, 0.25) is 0 Å². The van der Waals surface area contributed by atoms with Gasteiger partial charge in [0.25, 0.3) is 5.91 Å². The third-order valence-electron chi connectivity index (χ3n) is 2.87. The summed E-state index contributed by atoms with van der Waals surface area (Å²) < 4.78 is 1.67. The molecule has 1 aromatic heterocycles. The average Bonchev–Trinajstić information content (AvgIpc) is 2.70. The molecule has 0 aliphatic heterocycles. The van der Waals surface area contributed by atoms with E-state index in [9.17, 15) is 4.79 Å². The standard InChI is InChI=1S/C14H17N3O/c1-4-17(12-8-6-5-7-9-12)14(18)13-10-16(3)15-11(13)2/h5-10H,4H2,1-3H3. The number of anilines is 1. The highest BCUT2D eigenvalue weighted by Crippen LogP contribution is 2.17. The van der Waals surface area contributed by atoms with Gasteiger partial charge in [-0.1, -0.05) is 18.2 Å². The molecule has 0 N–H and O–H groups in total. The van der Waals surface area contributed by atoms with E-state index in [1.807, 2.05) is 51.2 Å². The second kappa shape index (κ2) is 5.04. The fraction of sp³-hybridized carbons (Fsp3) is 0.286. The lowest BCUT2D eigenvalue weighted by Crippen LogP contribution is -2.30. The number of aryl methyl sites for hydroxylation is 2. The molecule has 1 amide bonds. The molecule has 0 fully saturated rings. The van der Waals surface area contributed by atoms with Crippen molar-refractivity contribution in [1.82, 2.24) is 9.78 Å². The van der Waals surface area contributed by atoms with Gasteiger partial charge in [-0.2, -0.15) is 5.10 Å². The topological polar surface area (TPSA) is 38.1 Å². The van der Waals surface area contributed by atoms with Crippen LogP contribution in [0.4, 0.5) is 5.69 Å². The number of para-hydroxylation sites is 1. The summed E-state index contributed by atoms with van der Waals surface area (Å²) >= 11 is 0. The Hall–Kier alpha value is -2.10. The van der Waals surface area contributed by atoms with E-state index < -0.39 is 0 Å². The third kappa shape index (κ3) is 2.27. The number of carbonyl (C=O) groups is 1. The van der Waals surface area contributed by atoms with Crippen molar-refractivity contribution in [1.29, 1.82) is 0 Å². The van der Waals surface area contributed by atoms with Gasteiger partial charge in [0.05, 0.1) is 11.3 Å². The van der Waals surface area contributed by atoms with Crippen LogP contribution in [0.15, 0.2) is 36.5 Å². The summed E-state index contributed by atoms with van der Waals surface area (Å²) in [5, 5.41) is 4.21. The van der Waals surface area contributed by atoms with Gasteiger partial charge in [0, 0.05) is 25.5 Å². The first-order chi connectivity index (χ1) is 8.63. The Balaban J connectivity index is 2.34. The number of amides is 1. The second-order valence-corrected chi connectivity index (χ2v) is 4.19. The smallest absolute Gasteiger partial charge is 0.261 e. The molecule has 0 bridgehead atoms. The highest BCUT2D eigenvalue weighted by atomic mass is 16.2. The summed E-state index contributed by atoms with van der Waals surface area (Å²) in [6, 6.07) is 9.68. The van der Waals surface area contributed by atoms with Crippen molar-refractivity contribution in [2.75, 3.05) is 11.4 Å². The van der Waals surface area contributed by atoms with Crippen LogP contribution < -0.4 is 4.90 Å². The van der Waals surface area contributed by atoms with Gasteiger partial charge in [-0.15, -0.1) is 0 Å². The van der Waals surface area contributed by atoms with Crippen LogP contribution in [0.25, 0.3) is 0 Å². The van der Waals surface area contributed by atoms with Crippen molar-refractivity contribution < 1.29 is 4.79 Å². The lowest BCUT2D eigenvalue weighted by atomic mass is 10.2. The molecule has 0 unspecified atom stereocenters. The minimum Gasteiger partial charge on any atom is -0.309 e. The molecule has 94 valence electrons. The van der Waals surface area contributed by atoms with E-state index in [0.717, 1.165) is 11.4 Å². The first-order valence-electron chi connectivity index (χ1n) is 6.00. The molecule has 1 heterocycles. The molecule has 0 aliphatic rings. The van der Waals surface area contributed by atoms with Crippen LogP contribution in [-0.4, -0.2) is 22.2 Å². The van der Waals surface area contributed by atoms with Gasteiger partial charge in [0.1, 0.15) is 0 Å². The Labute approximate surface area is 107 Å². The number of hydrogen-bond acceptors (Lipinski definition) is 2. The number of aromatic nitrogens is 2. The molecule has 0 saturated heterocycles. The molecule has 1 aromatic carbocycles. The fourth-order valence-corrected chi connectivity index (χ4v) is 2.01. The van der Waals surface area contributed by atoms with Crippen molar-refractivity contribution in [3.63, 3.8) is 0 Å². The van der Waals surface area contributed by atoms with E-state index in [1.165, 1.54) is 0 Å². The Kier molecular flexibility index (Phi) is 3.46. The lowest BCUT2D eigenvalue weighted by molar-refractivity contribution is 0.0987. The van der Waals surface area contributed by atoms with Crippen molar-refractivity contribution in [2.24, 2.45) is 7.05 Å². The van der Waals surface area contributed by atoms with Gasteiger partial charge < -0.3 is 4.90 Å². The number of rotatable bonds is 3. The summed E-state index contributed by atoms with van der Waals surface area (Å²) in [4.78, 5) is 14.2. The molecule has 0 radical (unpaired) electrons. The Bertz CT molecular complexity index is 545. The molecule has 0 aliphatic carbocycles. The minimum absolute atomic E-state index is 0.00528. The zero-order valence-corrected chi connectivity index (χ0v) is 10.9. The van der Waals surface area contributed by atoms with Gasteiger partial charge >= 0.3 is 0 Å². The fourth-order valence-electron chi connectivity index (χ4n) is 2.01. The van der Waals surface area contributed by atoms with Crippen LogP contribution in [0.1, 0.15) is 23.0 Å². The highest BCUT2D eigenvalue weighted by molar-refractivity contribution is 6.06. The van der Waals surface area contributed by atoms with E-state index in [2.05, 4.69) is 5.10 Å². The maximum Gasteiger partial charge on any atom is 0.261 e. The van der Waals surface area contributed by atoms with Crippen molar-refractivity contribution >= 4 is 11.6 Å². The molecule has 18 heavy (non-hydrogen) atoms. The predicted molar refractivity (Wildman–Crippen MR) is 71.7 cm³/mol. The van der Waals surface area contributed by atoms with E-state index in [-0.39, 0.29) is 5.91 Å². The lowest BCUT2D eigenvalue weighted by Gasteiger charge is -2.20. The van der Waals surface area contributed by atoms with Crippen LogP contribution in [-0.2, 0) is 7.05 Å². The van der Waals surface area contributed by atoms with Crippen molar-refractivity contribution in [3.8, 4) is 0 Å². The normalized spacial score (nSPS) is 10.4. The maximum absolute atomic E-state index is 12.5. The second-order valence-electron chi connectivity index (χ2n) is 4.19. The van der Waals surface area contributed by atoms with E-state index in [1.54, 1.807) is 15.8 Å². The van der Waals surface area contributed by atoms with Gasteiger partial charge in [-0.3, -0.25) is 9.48 Å². The monoisotopic (exact) mass is 243 g/mol. The molecule has 4 nitrogen and oxygen atoms in total. The summed E-state index contributed by atoms with van der Waals surface area (Å²) in [6.45, 7) is 4.46. The zero-order chi connectivity index (χ0) is 13.1. The first-order valence-corrected chi connectivity index (χ1v) is 6.00. The first kappa shape index (κ1) is 12.4. The third-order valence-corrected chi connectivity index (χ3v) is 2.87.